The van der Waals surface area contributed by atoms with Crippen LogP contribution in [0.5, 0.6) is 0 Å². The Balaban J connectivity index is 0.00000225. The molecule has 0 radical (unpaired) electrons. The quantitative estimate of drug-likeness (QED) is 0.319. The molecule has 2 fully saturated rings. The molecule has 7 heteroatoms. The predicted octanol–water partition coefficient (Wildman–Crippen LogP) is 2.27. The Kier molecular flexibility index (Phi) is 7.34. The highest BCUT2D eigenvalue weighted by Gasteiger charge is 2.36. The van der Waals surface area contributed by atoms with E-state index in [4.69, 9.17) is 9.41 Å². The number of hydrogen-bond donors (Lipinski definition) is 1. The van der Waals surface area contributed by atoms with E-state index in [1.165, 1.54) is 0 Å². The Hall–Kier alpha value is -1.51. The van der Waals surface area contributed by atoms with Crippen molar-refractivity contribution < 1.29 is 9.21 Å². The number of furan rings is 1. The molecule has 1 unspecified atom stereocenters. The molecule has 0 aromatic carbocycles. The molecule has 0 bridgehead atoms. The SMILES string of the molecule is C=C(C)CN=C(NCCc1ccco1)N1CCN2C(=O)CCC2C1.I. The Bertz CT molecular complexity index is 615. The van der Waals surface area contributed by atoms with Crippen LogP contribution in [0.3, 0.4) is 0 Å². The van der Waals surface area contributed by atoms with E-state index in [0.717, 1.165) is 56.3 Å². The van der Waals surface area contributed by atoms with Gasteiger partial charge in [0.25, 0.3) is 0 Å². The van der Waals surface area contributed by atoms with Gasteiger partial charge in [0.1, 0.15) is 5.76 Å². The van der Waals surface area contributed by atoms with Gasteiger partial charge in [-0.25, -0.2) is 4.99 Å². The van der Waals surface area contributed by atoms with E-state index < -0.39 is 0 Å². The summed E-state index contributed by atoms with van der Waals surface area (Å²) < 4.78 is 5.38. The van der Waals surface area contributed by atoms with Crippen LogP contribution in [-0.2, 0) is 11.2 Å². The van der Waals surface area contributed by atoms with Crippen molar-refractivity contribution in [1.82, 2.24) is 15.1 Å². The van der Waals surface area contributed by atoms with Gasteiger partial charge in [0.15, 0.2) is 5.96 Å². The van der Waals surface area contributed by atoms with Gasteiger partial charge in [-0.3, -0.25) is 4.79 Å². The first-order valence-corrected chi connectivity index (χ1v) is 8.63. The maximum absolute atomic E-state index is 11.8. The van der Waals surface area contributed by atoms with Crippen molar-refractivity contribution in [2.75, 3.05) is 32.7 Å². The third-order valence-electron chi connectivity index (χ3n) is 4.53. The molecule has 2 aliphatic heterocycles. The van der Waals surface area contributed by atoms with Crippen LogP contribution in [0.1, 0.15) is 25.5 Å². The monoisotopic (exact) mass is 458 g/mol. The minimum atomic E-state index is 0. The molecule has 1 amide bonds. The lowest BCUT2D eigenvalue weighted by atomic mass is 10.1. The second-order valence-electron chi connectivity index (χ2n) is 6.58. The summed E-state index contributed by atoms with van der Waals surface area (Å²) in [7, 11) is 0. The number of halogens is 1. The van der Waals surface area contributed by atoms with Gasteiger partial charge >= 0.3 is 0 Å². The lowest BCUT2D eigenvalue weighted by Crippen LogP contribution is -2.56. The molecule has 2 aliphatic rings. The Morgan fingerprint density at radius 2 is 2.32 bits per heavy atom. The van der Waals surface area contributed by atoms with Gasteiger partial charge in [0.2, 0.25) is 5.91 Å². The molecule has 1 aromatic heterocycles. The van der Waals surface area contributed by atoms with Gasteiger partial charge in [0.05, 0.1) is 12.8 Å². The molecule has 2 saturated heterocycles. The highest BCUT2D eigenvalue weighted by atomic mass is 127. The number of nitrogens with one attached hydrogen (secondary N) is 1. The van der Waals surface area contributed by atoms with Crippen molar-refractivity contribution in [2.24, 2.45) is 4.99 Å². The fraction of sp³-hybridized carbons (Fsp3) is 0.556. The summed E-state index contributed by atoms with van der Waals surface area (Å²) in [4.78, 5) is 20.8. The minimum Gasteiger partial charge on any atom is -0.469 e. The minimum absolute atomic E-state index is 0. The van der Waals surface area contributed by atoms with Crippen molar-refractivity contribution in [3.8, 4) is 0 Å². The average molecular weight is 458 g/mol. The lowest BCUT2D eigenvalue weighted by Gasteiger charge is -2.39. The fourth-order valence-corrected chi connectivity index (χ4v) is 3.29. The first-order valence-electron chi connectivity index (χ1n) is 8.63. The molecule has 0 aliphatic carbocycles. The van der Waals surface area contributed by atoms with E-state index >= 15 is 0 Å². The van der Waals surface area contributed by atoms with E-state index in [1.54, 1.807) is 6.26 Å². The topological polar surface area (TPSA) is 61.1 Å². The van der Waals surface area contributed by atoms with Gasteiger partial charge in [-0.1, -0.05) is 12.2 Å². The summed E-state index contributed by atoms with van der Waals surface area (Å²) in [6.07, 6.45) is 4.15. The molecule has 138 valence electrons. The normalized spacial score (nSPS) is 20.3. The summed E-state index contributed by atoms with van der Waals surface area (Å²) in [5.74, 6) is 2.17. The fourth-order valence-electron chi connectivity index (χ4n) is 3.29. The molecule has 1 atom stereocenters. The largest absolute Gasteiger partial charge is 0.469 e. The van der Waals surface area contributed by atoms with Crippen LogP contribution in [0.2, 0.25) is 0 Å². The molecule has 1 N–H and O–H groups in total. The third kappa shape index (κ3) is 5.23. The van der Waals surface area contributed by atoms with Gasteiger partial charge in [-0.2, -0.15) is 0 Å². The van der Waals surface area contributed by atoms with Crippen LogP contribution in [0, 0.1) is 0 Å². The molecule has 0 spiro atoms. The lowest BCUT2D eigenvalue weighted by molar-refractivity contribution is -0.130. The van der Waals surface area contributed by atoms with Crippen LogP contribution in [-0.4, -0.2) is 60.4 Å². The number of aliphatic imine (C=N–C) groups is 1. The van der Waals surface area contributed by atoms with E-state index in [-0.39, 0.29) is 24.0 Å². The van der Waals surface area contributed by atoms with E-state index in [0.29, 0.717) is 24.9 Å². The van der Waals surface area contributed by atoms with Crippen LogP contribution in [0.4, 0.5) is 0 Å². The number of carbonyl (C=O) groups is 1. The molecule has 0 saturated carbocycles. The first kappa shape index (κ1) is 19.8. The standard InChI is InChI=1S/C18H26N4O2.HI/c1-14(2)12-20-18(19-8-7-16-4-3-11-24-16)21-9-10-22-15(13-21)5-6-17(22)23;/h3-4,11,15H,1,5-10,12-13H2,2H3,(H,19,20);1H. The molecular weight excluding hydrogens is 431 g/mol. The number of guanidine groups is 1. The summed E-state index contributed by atoms with van der Waals surface area (Å²) in [5.41, 5.74) is 1.04. The second-order valence-corrected chi connectivity index (χ2v) is 6.58. The number of piperazine rings is 1. The molecule has 6 nitrogen and oxygen atoms in total. The maximum Gasteiger partial charge on any atom is 0.223 e. The van der Waals surface area contributed by atoms with Crippen molar-refractivity contribution in [2.45, 2.75) is 32.2 Å². The van der Waals surface area contributed by atoms with E-state index in [2.05, 4.69) is 16.8 Å². The van der Waals surface area contributed by atoms with Crippen LogP contribution < -0.4 is 5.32 Å². The number of hydrogen-bond acceptors (Lipinski definition) is 3. The van der Waals surface area contributed by atoms with Gasteiger partial charge < -0.3 is 19.5 Å². The van der Waals surface area contributed by atoms with Gasteiger partial charge in [-0.15, -0.1) is 24.0 Å². The number of carbonyl (C=O) groups excluding carboxylic acids is 1. The molecule has 1 aromatic rings. The number of fused-ring (bicyclic) bond motifs is 1. The van der Waals surface area contributed by atoms with Crippen LogP contribution in [0.15, 0.2) is 40.0 Å². The van der Waals surface area contributed by atoms with Gasteiger partial charge in [-0.05, 0) is 25.5 Å². The summed E-state index contributed by atoms with van der Waals surface area (Å²) in [5, 5.41) is 3.45. The summed E-state index contributed by atoms with van der Waals surface area (Å²) in [6, 6.07) is 4.21. The highest BCUT2D eigenvalue weighted by Crippen LogP contribution is 2.22. The average Bonchev–Trinajstić information content (AvgIpc) is 3.20. The van der Waals surface area contributed by atoms with Crippen molar-refractivity contribution in [1.29, 1.82) is 0 Å². The van der Waals surface area contributed by atoms with Crippen molar-refractivity contribution >= 4 is 35.8 Å². The molecule has 3 rings (SSSR count). The highest BCUT2D eigenvalue weighted by molar-refractivity contribution is 14.0. The number of nitrogens with zero attached hydrogens (tertiary/aromatic N) is 3. The summed E-state index contributed by atoms with van der Waals surface area (Å²) >= 11 is 0. The van der Waals surface area contributed by atoms with Crippen molar-refractivity contribution in [3.05, 3.63) is 36.3 Å². The van der Waals surface area contributed by atoms with Gasteiger partial charge in [0, 0.05) is 45.1 Å². The van der Waals surface area contributed by atoms with Crippen LogP contribution >= 0.6 is 24.0 Å². The zero-order chi connectivity index (χ0) is 16.9. The van der Waals surface area contributed by atoms with E-state index in [1.807, 2.05) is 24.0 Å². The van der Waals surface area contributed by atoms with E-state index in [9.17, 15) is 4.79 Å². The molecular formula is C18H27IN4O2. The van der Waals surface area contributed by atoms with Crippen molar-refractivity contribution in [3.63, 3.8) is 0 Å². The molecule has 3 heterocycles. The smallest absolute Gasteiger partial charge is 0.223 e. The number of amides is 1. The first-order chi connectivity index (χ1) is 11.6. The third-order valence-corrected chi connectivity index (χ3v) is 4.53. The zero-order valence-corrected chi connectivity index (χ0v) is 17.1. The summed E-state index contributed by atoms with van der Waals surface area (Å²) in [6.45, 7) is 9.77. The molecule has 25 heavy (non-hydrogen) atoms. The van der Waals surface area contributed by atoms with Crippen LogP contribution in [0.25, 0.3) is 0 Å². The predicted molar refractivity (Wildman–Crippen MR) is 109 cm³/mol. The number of rotatable bonds is 5. The maximum atomic E-state index is 11.8. The Morgan fingerprint density at radius 3 is 3.04 bits per heavy atom. The Morgan fingerprint density at radius 1 is 1.48 bits per heavy atom. The zero-order valence-electron chi connectivity index (χ0n) is 14.7. The Labute approximate surface area is 166 Å². The second kappa shape index (κ2) is 9.26.